The van der Waals surface area contributed by atoms with Crippen LogP contribution in [-0.2, 0) is 16.0 Å². The molecule has 0 fully saturated rings. The molecule has 0 saturated heterocycles. The number of ether oxygens (including phenoxy) is 1. The van der Waals surface area contributed by atoms with Gasteiger partial charge in [-0.3, -0.25) is 0 Å². The summed E-state index contributed by atoms with van der Waals surface area (Å²) in [5.41, 5.74) is 2.06. The lowest BCUT2D eigenvalue weighted by molar-refractivity contribution is -0.108. The standard InChI is InChI=1S/C22H26BrNO3S/c1-2-3-8-17-15-24(18-9-5-4-6-10-18)20-13-19(23)21(27-12-7-11-25)14-22(20)28(26)16-17/h4-6,9-11,13-14,17H,2-3,7-8,12,15-16H2,1H3. The summed E-state index contributed by atoms with van der Waals surface area (Å²) >= 11 is 2.49. The fourth-order valence-electron chi connectivity index (χ4n) is 3.48. The second-order valence-corrected chi connectivity index (χ2v) is 9.34. The van der Waals surface area contributed by atoms with Gasteiger partial charge in [-0.15, -0.1) is 0 Å². The number of carbonyl (C=O) groups excluding carboxylic acids is 1. The molecule has 0 spiro atoms. The van der Waals surface area contributed by atoms with Crippen LogP contribution in [0.2, 0.25) is 0 Å². The lowest BCUT2D eigenvalue weighted by Gasteiger charge is -2.26. The Hall–Kier alpha value is -1.50. The Morgan fingerprint density at radius 3 is 2.82 bits per heavy atom. The molecule has 28 heavy (non-hydrogen) atoms. The van der Waals surface area contributed by atoms with E-state index in [0.717, 1.165) is 52.8 Å². The Balaban J connectivity index is 2.00. The molecule has 0 bridgehead atoms. The SMILES string of the molecule is CCCCC1CN(c2ccccc2)c2cc(Br)c(OCCC=O)cc2[S+]([O-])C1. The highest BCUT2D eigenvalue weighted by molar-refractivity contribution is 9.10. The van der Waals surface area contributed by atoms with Crippen molar-refractivity contribution in [3.63, 3.8) is 0 Å². The zero-order valence-electron chi connectivity index (χ0n) is 16.1. The van der Waals surface area contributed by atoms with E-state index in [9.17, 15) is 9.35 Å². The molecular weight excluding hydrogens is 438 g/mol. The molecule has 2 aromatic rings. The maximum atomic E-state index is 13.2. The van der Waals surface area contributed by atoms with Gasteiger partial charge in [-0.2, -0.15) is 0 Å². The molecule has 0 amide bonds. The molecule has 4 nitrogen and oxygen atoms in total. The van der Waals surface area contributed by atoms with Crippen LogP contribution in [0.3, 0.4) is 0 Å². The fraction of sp³-hybridized carbons (Fsp3) is 0.409. The van der Waals surface area contributed by atoms with E-state index in [4.69, 9.17) is 4.74 Å². The Morgan fingerprint density at radius 1 is 1.32 bits per heavy atom. The summed E-state index contributed by atoms with van der Waals surface area (Å²) in [7, 11) is 0. The average Bonchev–Trinajstić information content (AvgIpc) is 2.84. The third kappa shape index (κ3) is 5.10. The van der Waals surface area contributed by atoms with Gasteiger partial charge in [-0.1, -0.05) is 38.0 Å². The first-order valence-electron chi connectivity index (χ1n) is 9.75. The van der Waals surface area contributed by atoms with Gasteiger partial charge < -0.3 is 19.0 Å². The molecule has 3 rings (SSSR count). The molecule has 2 unspecified atom stereocenters. The number of unbranched alkanes of at least 4 members (excludes halogenated alkanes) is 1. The number of carbonyl (C=O) groups is 1. The van der Waals surface area contributed by atoms with Crippen LogP contribution in [0.15, 0.2) is 51.8 Å². The number of nitrogens with zero attached hydrogens (tertiary/aromatic N) is 1. The van der Waals surface area contributed by atoms with E-state index >= 15 is 0 Å². The Morgan fingerprint density at radius 2 is 2.11 bits per heavy atom. The summed E-state index contributed by atoms with van der Waals surface area (Å²) in [6, 6.07) is 14.1. The lowest BCUT2D eigenvalue weighted by atomic mass is 10.0. The first-order valence-corrected chi connectivity index (χ1v) is 11.9. The van der Waals surface area contributed by atoms with E-state index in [2.05, 4.69) is 39.9 Å². The third-order valence-corrected chi connectivity index (χ3v) is 7.12. The second-order valence-electron chi connectivity index (χ2n) is 7.02. The highest BCUT2D eigenvalue weighted by atomic mass is 79.9. The van der Waals surface area contributed by atoms with Crippen LogP contribution >= 0.6 is 15.9 Å². The van der Waals surface area contributed by atoms with Gasteiger partial charge in [0.05, 0.1) is 16.8 Å². The molecule has 0 saturated carbocycles. The number of hydrogen-bond acceptors (Lipinski definition) is 4. The van der Waals surface area contributed by atoms with Crippen molar-refractivity contribution in [2.45, 2.75) is 37.5 Å². The number of para-hydroxylation sites is 1. The number of anilines is 2. The van der Waals surface area contributed by atoms with Crippen molar-refractivity contribution in [3.05, 3.63) is 46.9 Å². The largest absolute Gasteiger partial charge is 0.611 e. The van der Waals surface area contributed by atoms with Crippen molar-refractivity contribution < 1.29 is 14.1 Å². The van der Waals surface area contributed by atoms with E-state index in [0.29, 0.717) is 30.4 Å². The number of halogens is 1. The highest BCUT2D eigenvalue weighted by Crippen LogP contribution is 2.42. The van der Waals surface area contributed by atoms with Crippen molar-refractivity contribution in [2.75, 3.05) is 23.8 Å². The van der Waals surface area contributed by atoms with Crippen molar-refractivity contribution in [2.24, 2.45) is 5.92 Å². The summed E-state index contributed by atoms with van der Waals surface area (Å²) < 4.78 is 19.7. The number of benzene rings is 2. The van der Waals surface area contributed by atoms with Gasteiger partial charge in [0, 0.05) is 30.6 Å². The zero-order chi connectivity index (χ0) is 19.9. The number of aldehydes is 1. The number of fused-ring (bicyclic) bond motifs is 1. The lowest BCUT2D eigenvalue weighted by Crippen LogP contribution is -2.26. The minimum Gasteiger partial charge on any atom is -0.611 e. The van der Waals surface area contributed by atoms with Gasteiger partial charge in [-0.25, -0.2) is 0 Å². The van der Waals surface area contributed by atoms with E-state index in [1.165, 1.54) is 0 Å². The first kappa shape index (κ1) is 21.2. The van der Waals surface area contributed by atoms with Crippen LogP contribution in [0.5, 0.6) is 5.75 Å². The van der Waals surface area contributed by atoms with Crippen molar-refractivity contribution in [1.82, 2.24) is 0 Å². The number of rotatable bonds is 8. The van der Waals surface area contributed by atoms with E-state index in [-0.39, 0.29) is 0 Å². The summed E-state index contributed by atoms with van der Waals surface area (Å²) in [5.74, 6) is 1.66. The van der Waals surface area contributed by atoms with Crippen LogP contribution in [0.1, 0.15) is 32.6 Å². The van der Waals surface area contributed by atoms with Crippen molar-refractivity contribution in [3.8, 4) is 5.75 Å². The molecule has 0 N–H and O–H groups in total. The minimum atomic E-state index is -1.10. The first-order chi connectivity index (χ1) is 13.6. The summed E-state index contributed by atoms with van der Waals surface area (Å²) in [5, 5.41) is 0. The maximum absolute atomic E-state index is 13.2. The topological polar surface area (TPSA) is 52.6 Å². The van der Waals surface area contributed by atoms with Gasteiger partial charge >= 0.3 is 0 Å². The monoisotopic (exact) mass is 463 g/mol. The van der Waals surface area contributed by atoms with Crippen LogP contribution in [0, 0.1) is 5.92 Å². The van der Waals surface area contributed by atoms with Crippen molar-refractivity contribution >= 4 is 44.8 Å². The van der Waals surface area contributed by atoms with Crippen LogP contribution in [0.25, 0.3) is 0 Å². The molecule has 2 aromatic carbocycles. The van der Waals surface area contributed by atoms with Crippen molar-refractivity contribution in [1.29, 1.82) is 0 Å². The number of hydrogen-bond donors (Lipinski definition) is 0. The molecule has 0 radical (unpaired) electrons. The molecule has 1 aliphatic rings. The fourth-order valence-corrected chi connectivity index (χ4v) is 5.44. The summed E-state index contributed by atoms with van der Waals surface area (Å²) in [6.45, 7) is 3.35. The summed E-state index contributed by atoms with van der Waals surface area (Å²) in [4.78, 5) is 13.7. The molecule has 1 heterocycles. The average molecular weight is 464 g/mol. The third-order valence-electron chi connectivity index (χ3n) is 4.90. The normalized spacial score (nSPS) is 19.0. The molecular formula is C22H26BrNO3S. The van der Waals surface area contributed by atoms with Crippen LogP contribution in [0.4, 0.5) is 11.4 Å². The Labute approximate surface area is 178 Å². The smallest absolute Gasteiger partial charge is 0.180 e. The maximum Gasteiger partial charge on any atom is 0.180 e. The van der Waals surface area contributed by atoms with Gasteiger partial charge in [0.15, 0.2) is 4.90 Å². The molecule has 0 aliphatic carbocycles. The van der Waals surface area contributed by atoms with E-state index in [1.807, 2.05) is 30.3 Å². The van der Waals surface area contributed by atoms with Crippen LogP contribution < -0.4 is 9.64 Å². The molecule has 150 valence electrons. The quantitative estimate of drug-likeness (QED) is 0.295. The second kappa shape index (κ2) is 10.3. The van der Waals surface area contributed by atoms with Gasteiger partial charge in [0.25, 0.3) is 0 Å². The molecule has 6 heteroatoms. The zero-order valence-corrected chi connectivity index (χ0v) is 18.5. The van der Waals surface area contributed by atoms with E-state index in [1.54, 1.807) is 0 Å². The Kier molecular flexibility index (Phi) is 7.82. The molecule has 2 atom stereocenters. The van der Waals surface area contributed by atoms with Crippen LogP contribution in [-0.4, -0.2) is 29.7 Å². The van der Waals surface area contributed by atoms with Gasteiger partial charge in [0.1, 0.15) is 17.8 Å². The molecule has 1 aliphatic heterocycles. The highest BCUT2D eigenvalue weighted by Gasteiger charge is 2.32. The minimum absolute atomic E-state index is 0.315. The summed E-state index contributed by atoms with van der Waals surface area (Å²) in [6.07, 6.45) is 4.53. The van der Waals surface area contributed by atoms with Gasteiger partial charge in [-0.05, 0) is 51.7 Å². The van der Waals surface area contributed by atoms with E-state index < -0.39 is 11.2 Å². The predicted molar refractivity (Wildman–Crippen MR) is 118 cm³/mol. The Bertz CT molecular complexity index is 787. The predicted octanol–water partition coefficient (Wildman–Crippen LogP) is 5.48. The van der Waals surface area contributed by atoms with Gasteiger partial charge in [0.2, 0.25) is 0 Å². The molecule has 0 aromatic heterocycles.